The molecular weight excluding hydrogens is 284 g/mol. The number of hydrogen-bond donors (Lipinski definition) is 1. The van der Waals surface area contributed by atoms with Crippen molar-refractivity contribution in [2.75, 3.05) is 13.1 Å². The molecule has 0 unspecified atom stereocenters. The van der Waals surface area contributed by atoms with E-state index in [0.29, 0.717) is 30.8 Å². The zero-order valence-corrected chi connectivity index (χ0v) is 12.8. The van der Waals surface area contributed by atoms with Crippen molar-refractivity contribution in [3.63, 3.8) is 0 Å². The molecule has 1 amide bonds. The van der Waals surface area contributed by atoms with E-state index < -0.39 is 0 Å². The van der Waals surface area contributed by atoms with Gasteiger partial charge in [0, 0.05) is 18.7 Å². The van der Waals surface area contributed by atoms with Gasteiger partial charge in [-0.2, -0.15) is 0 Å². The minimum atomic E-state index is -0.266. The van der Waals surface area contributed by atoms with Crippen LogP contribution in [0.15, 0.2) is 30.5 Å². The molecule has 1 aliphatic heterocycles. The predicted octanol–water partition coefficient (Wildman–Crippen LogP) is 2.72. The van der Waals surface area contributed by atoms with Crippen LogP contribution in [0.5, 0.6) is 0 Å². The maximum absolute atomic E-state index is 12.5. The van der Waals surface area contributed by atoms with Crippen LogP contribution in [-0.4, -0.2) is 40.1 Å². The molecule has 2 heterocycles. The zero-order valence-electron chi connectivity index (χ0n) is 12.0. The molecule has 0 saturated carbocycles. The number of amides is 1. The minimum absolute atomic E-state index is 0.0271. The molecule has 110 valence electrons. The van der Waals surface area contributed by atoms with E-state index >= 15 is 0 Å². The first-order valence-electron chi connectivity index (χ1n) is 7.14. The third kappa shape index (κ3) is 2.99. The summed E-state index contributed by atoms with van der Waals surface area (Å²) in [5.74, 6) is 0.0271. The van der Waals surface area contributed by atoms with Crippen LogP contribution in [0.2, 0.25) is 0 Å². The number of rotatable bonds is 2. The van der Waals surface area contributed by atoms with E-state index in [0.717, 1.165) is 16.1 Å². The molecule has 1 aliphatic rings. The number of thiazole rings is 1. The third-order valence-corrected chi connectivity index (χ3v) is 4.86. The highest BCUT2D eigenvalue weighted by Gasteiger charge is 2.24. The Morgan fingerprint density at radius 3 is 2.76 bits per heavy atom. The Labute approximate surface area is 128 Å². The Balaban J connectivity index is 1.79. The second kappa shape index (κ2) is 5.95. The van der Waals surface area contributed by atoms with Gasteiger partial charge in [0.25, 0.3) is 5.91 Å². The van der Waals surface area contributed by atoms with Gasteiger partial charge in [0.05, 0.1) is 12.3 Å². The number of hydrogen-bond acceptors (Lipinski definition) is 4. The molecule has 5 heteroatoms. The second-order valence-corrected chi connectivity index (χ2v) is 6.40. The van der Waals surface area contributed by atoms with Gasteiger partial charge >= 0.3 is 0 Å². The quantitative estimate of drug-likeness (QED) is 0.928. The number of nitrogens with zero attached hydrogens (tertiary/aromatic N) is 2. The van der Waals surface area contributed by atoms with Gasteiger partial charge in [-0.3, -0.25) is 4.79 Å². The van der Waals surface area contributed by atoms with Gasteiger partial charge in [-0.15, -0.1) is 11.3 Å². The molecule has 0 bridgehead atoms. The normalized spacial score (nSPS) is 16.2. The topological polar surface area (TPSA) is 53.4 Å². The summed E-state index contributed by atoms with van der Waals surface area (Å²) >= 11 is 1.44. The van der Waals surface area contributed by atoms with Gasteiger partial charge in [-0.05, 0) is 25.3 Å². The van der Waals surface area contributed by atoms with E-state index in [-0.39, 0.29) is 12.0 Å². The van der Waals surface area contributed by atoms with E-state index in [1.54, 1.807) is 6.20 Å². The Bertz CT molecular complexity index is 645. The van der Waals surface area contributed by atoms with E-state index in [2.05, 4.69) is 4.98 Å². The van der Waals surface area contributed by atoms with Crippen molar-refractivity contribution >= 4 is 17.2 Å². The molecule has 1 N–H and O–H groups in total. The predicted molar refractivity (Wildman–Crippen MR) is 83.4 cm³/mol. The summed E-state index contributed by atoms with van der Waals surface area (Å²) in [6.07, 6.45) is 2.72. The maximum Gasteiger partial charge on any atom is 0.265 e. The van der Waals surface area contributed by atoms with Gasteiger partial charge in [-0.25, -0.2) is 4.98 Å². The van der Waals surface area contributed by atoms with E-state index in [1.807, 2.05) is 36.1 Å². The number of piperidine rings is 1. The molecule has 1 aromatic heterocycles. The summed E-state index contributed by atoms with van der Waals surface area (Å²) in [5, 5.41) is 10.4. The molecule has 21 heavy (non-hydrogen) atoms. The summed E-state index contributed by atoms with van der Waals surface area (Å²) < 4.78 is 0. The molecule has 1 aromatic carbocycles. The van der Waals surface area contributed by atoms with Gasteiger partial charge < -0.3 is 10.0 Å². The van der Waals surface area contributed by atoms with Crippen molar-refractivity contribution in [1.82, 2.24) is 9.88 Å². The summed E-state index contributed by atoms with van der Waals surface area (Å²) in [6.45, 7) is 3.29. The number of aryl methyl sites for hydroxylation is 1. The minimum Gasteiger partial charge on any atom is -0.393 e. The van der Waals surface area contributed by atoms with Crippen LogP contribution in [0.3, 0.4) is 0 Å². The number of likely N-dealkylation sites (tertiary alicyclic amines) is 1. The van der Waals surface area contributed by atoms with Crippen LogP contribution in [0.4, 0.5) is 0 Å². The molecule has 2 aromatic rings. The fourth-order valence-electron chi connectivity index (χ4n) is 2.54. The Kier molecular flexibility index (Phi) is 4.03. The number of aromatic nitrogens is 1. The summed E-state index contributed by atoms with van der Waals surface area (Å²) in [5.41, 5.74) is 2.24. The third-order valence-electron chi connectivity index (χ3n) is 3.84. The van der Waals surface area contributed by atoms with Crippen LogP contribution < -0.4 is 0 Å². The molecular formula is C16H18N2O2S. The monoisotopic (exact) mass is 302 g/mol. The number of aliphatic hydroxyl groups excluding tert-OH is 1. The average molecular weight is 302 g/mol. The maximum atomic E-state index is 12.5. The highest BCUT2D eigenvalue weighted by molar-refractivity contribution is 7.16. The van der Waals surface area contributed by atoms with Crippen molar-refractivity contribution < 1.29 is 9.90 Å². The average Bonchev–Trinajstić information content (AvgIpc) is 2.97. The largest absolute Gasteiger partial charge is 0.393 e. The number of carbonyl (C=O) groups excluding carboxylic acids is 1. The fraction of sp³-hybridized carbons (Fsp3) is 0.375. The van der Waals surface area contributed by atoms with E-state index in [9.17, 15) is 9.90 Å². The summed E-state index contributed by atoms with van der Waals surface area (Å²) in [6, 6.07) is 8.05. The van der Waals surface area contributed by atoms with Crippen molar-refractivity contribution in [3.05, 3.63) is 40.9 Å². The molecule has 0 aliphatic carbocycles. The van der Waals surface area contributed by atoms with E-state index in [1.165, 1.54) is 11.3 Å². The lowest BCUT2D eigenvalue weighted by Crippen LogP contribution is -2.39. The van der Waals surface area contributed by atoms with Crippen molar-refractivity contribution in [2.24, 2.45) is 0 Å². The van der Waals surface area contributed by atoms with Gasteiger partial charge in [-0.1, -0.05) is 24.3 Å². The van der Waals surface area contributed by atoms with Gasteiger partial charge in [0.1, 0.15) is 9.88 Å². The Morgan fingerprint density at radius 1 is 1.33 bits per heavy atom. The van der Waals surface area contributed by atoms with Crippen LogP contribution in [0, 0.1) is 6.92 Å². The first-order valence-corrected chi connectivity index (χ1v) is 7.96. The number of aliphatic hydroxyl groups is 1. The standard InChI is InChI=1S/C16H18N2O2S/c1-11-4-2-3-5-13(11)15-17-10-14(21-15)16(20)18-8-6-12(19)7-9-18/h2-5,10,12,19H,6-9H2,1H3. The highest BCUT2D eigenvalue weighted by Crippen LogP contribution is 2.28. The lowest BCUT2D eigenvalue weighted by Gasteiger charge is -2.29. The lowest BCUT2D eigenvalue weighted by molar-refractivity contribution is 0.0550. The smallest absolute Gasteiger partial charge is 0.265 e. The van der Waals surface area contributed by atoms with Crippen LogP contribution in [0.1, 0.15) is 28.1 Å². The second-order valence-electron chi connectivity index (χ2n) is 5.37. The van der Waals surface area contributed by atoms with Crippen LogP contribution in [0.25, 0.3) is 10.6 Å². The lowest BCUT2D eigenvalue weighted by atomic mass is 10.1. The molecule has 1 fully saturated rings. The number of benzene rings is 1. The highest BCUT2D eigenvalue weighted by atomic mass is 32.1. The van der Waals surface area contributed by atoms with Crippen molar-refractivity contribution in [1.29, 1.82) is 0 Å². The Morgan fingerprint density at radius 2 is 2.05 bits per heavy atom. The van der Waals surface area contributed by atoms with Crippen molar-refractivity contribution in [2.45, 2.75) is 25.9 Å². The summed E-state index contributed by atoms with van der Waals surface area (Å²) in [4.78, 5) is 19.3. The van der Waals surface area contributed by atoms with E-state index in [4.69, 9.17) is 0 Å². The molecule has 3 rings (SSSR count). The van der Waals surface area contributed by atoms with Crippen LogP contribution in [-0.2, 0) is 0 Å². The Hall–Kier alpha value is -1.72. The van der Waals surface area contributed by atoms with Gasteiger partial charge in [0.2, 0.25) is 0 Å². The summed E-state index contributed by atoms with van der Waals surface area (Å²) in [7, 11) is 0. The molecule has 4 nitrogen and oxygen atoms in total. The molecule has 1 saturated heterocycles. The molecule has 0 radical (unpaired) electrons. The van der Waals surface area contributed by atoms with Crippen LogP contribution >= 0.6 is 11.3 Å². The first kappa shape index (κ1) is 14.2. The number of carbonyl (C=O) groups is 1. The fourth-order valence-corrected chi connectivity index (χ4v) is 3.51. The molecule has 0 atom stereocenters. The van der Waals surface area contributed by atoms with Crippen molar-refractivity contribution in [3.8, 4) is 10.6 Å². The SMILES string of the molecule is Cc1ccccc1-c1ncc(C(=O)N2CCC(O)CC2)s1. The first-order chi connectivity index (χ1) is 10.1. The van der Waals surface area contributed by atoms with Gasteiger partial charge in [0.15, 0.2) is 0 Å². The zero-order chi connectivity index (χ0) is 14.8. The molecule has 0 spiro atoms.